The molecule has 18 heavy (non-hydrogen) atoms. The molecule has 3 rings (SSSR count). The maximum atomic E-state index is 5.66. The van der Waals surface area contributed by atoms with E-state index in [0.717, 1.165) is 22.9 Å². The fraction of sp³-hybridized carbons (Fsp3) is 0.143. The number of hydrogen-bond donors (Lipinski definition) is 1. The van der Waals surface area contributed by atoms with E-state index in [0.29, 0.717) is 6.79 Å². The standard InChI is InChI=1S/C14H13NO2S/c15-11-2-4-12(5-3-11)18-8-10-1-6-13-14(7-10)17-9-16-13/h1-7H,8-9,15H2. The van der Waals surface area contributed by atoms with Crippen molar-refractivity contribution in [2.24, 2.45) is 0 Å². The van der Waals surface area contributed by atoms with Crippen LogP contribution < -0.4 is 15.2 Å². The number of ether oxygens (including phenoxy) is 2. The quantitative estimate of drug-likeness (QED) is 0.678. The summed E-state index contributed by atoms with van der Waals surface area (Å²) in [6.07, 6.45) is 0. The molecule has 0 aliphatic carbocycles. The summed E-state index contributed by atoms with van der Waals surface area (Å²) >= 11 is 1.78. The third kappa shape index (κ3) is 2.38. The lowest BCUT2D eigenvalue weighted by molar-refractivity contribution is 0.174. The zero-order valence-corrected chi connectivity index (χ0v) is 10.6. The second kappa shape index (κ2) is 4.82. The molecule has 1 heterocycles. The van der Waals surface area contributed by atoms with Gasteiger partial charge in [0.2, 0.25) is 6.79 Å². The molecule has 0 unspecified atom stereocenters. The molecule has 1 aliphatic rings. The Morgan fingerprint density at radius 1 is 1.00 bits per heavy atom. The van der Waals surface area contributed by atoms with Crippen LogP contribution in [0.5, 0.6) is 11.5 Å². The first-order chi connectivity index (χ1) is 8.81. The zero-order valence-electron chi connectivity index (χ0n) is 9.76. The first-order valence-corrected chi connectivity index (χ1v) is 6.67. The van der Waals surface area contributed by atoms with Gasteiger partial charge in [0.15, 0.2) is 11.5 Å². The number of hydrogen-bond acceptors (Lipinski definition) is 4. The van der Waals surface area contributed by atoms with Gasteiger partial charge in [-0.05, 0) is 42.0 Å². The highest BCUT2D eigenvalue weighted by Gasteiger charge is 2.12. The molecule has 0 radical (unpaired) electrons. The highest BCUT2D eigenvalue weighted by Crippen LogP contribution is 2.34. The van der Waals surface area contributed by atoms with Crippen LogP contribution in [0.3, 0.4) is 0 Å². The Hall–Kier alpha value is -1.81. The van der Waals surface area contributed by atoms with Gasteiger partial charge in [0.1, 0.15) is 0 Å². The van der Waals surface area contributed by atoms with E-state index in [4.69, 9.17) is 15.2 Å². The van der Waals surface area contributed by atoms with Crippen molar-refractivity contribution in [3.63, 3.8) is 0 Å². The second-order valence-electron chi connectivity index (χ2n) is 4.05. The Morgan fingerprint density at radius 2 is 1.78 bits per heavy atom. The summed E-state index contributed by atoms with van der Waals surface area (Å²) in [6, 6.07) is 14.0. The van der Waals surface area contributed by atoms with Crippen LogP contribution in [0, 0.1) is 0 Å². The smallest absolute Gasteiger partial charge is 0.231 e. The highest BCUT2D eigenvalue weighted by atomic mass is 32.2. The molecule has 1 aliphatic heterocycles. The van der Waals surface area contributed by atoms with Crippen LogP contribution in [-0.2, 0) is 5.75 Å². The summed E-state index contributed by atoms with van der Waals surface area (Å²) in [5, 5.41) is 0. The van der Waals surface area contributed by atoms with E-state index >= 15 is 0 Å². The van der Waals surface area contributed by atoms with Crippen LogP contribution in [0.1, 0.15) is 5.56 Å². The molecule has 2 N–H and O–H groups in total. The van der Waals surface area contributed by atoms with Crippen LogP contribution >= 0.6 is 11.8 Å². The van der Waals surface area contributed by atoms with Gasteiger partial charge in [-0.25, -0.2) is 0 Å². The molecule has 2 aromatic carbocycles. The Kier molecular flexibility index (Phi) is 3.02. The Morgan fingerprint density at radius 3 is 2.61 bits per heavy atom. The van der Waals surface area contributed by atoms with Gasteiger partial charge >= 0.3 is 0 Å². The lowest BCUT2D eigenvalue weighted by Gasteiger charge is -2.04. The van der Waals surface area contributed by atoms with E-state index in [1.54, 1.807) is 11.8 Å². The van der Waals surface area contributed by atoms with Gasteiger partial charge < -0.3 is 15.2 Å². The van der Waals surface area contributed by atoms with Gasteiger partial charge in [-0.3, -0.25) is 0 Å². The summed E-state index contributed by atoms with van der Waals surface area (Å²) in [5.41, 5.74) is 7.67. The fourth-order valence-electron chi connectivity index (χ4n) is 1.76. The molecular weight excluding hydrogens is 246 g/mol. The molecule has 0 saturated heterocycles. The number of thioether (sulfide) groups is 1. The van der Waals surface area contributed by atoms with Crippen molar-refractivity contribution in [3.8, 4) is 11.5 Å². The number of nitrogens with two attached hydrogens (primary N) is 1. The Balaban J connectivity index is 1.68. The predicted molar refractivity (Wildman–Crippen MR) is 73.0 cm³/mol. The van der Waals surface area contributed by atoms with Crippen molar-refractivity contribution in [2.45, 2.75) is 10.6 Å². The normalized spacial score (nSPS) is 12.7. The second-order valence-corrected chi connectivity index (χ2v) is 5.09. The van der Waals surface area contributed by atoms with Gasteiger partial charge in [0.05, 0.1) is 0 Å². The summed E-state index contributed by atoms with van der Waals surface area (Å²) in [7, 11) is 0. The molecule has 0 fully saturated rings. The minimum absolute atomic E-state index is 0.323. The molecule has 0 aromatic heterocycles. The average molecular weight is 259 g/mol. The molecule has 0 amide bonds. The van der Waals surface area contributed by atoms with Gasteiger partial charge in [0, 0.05) is 16.3 Å². The van der Waals surface area contributed by atoms with Crippen LogP contribution in [-0.4, -0.2) is 6.79 Å². The van der Waals surface area contributed by atoms with Crippen molar-refractivity contribution in [3.05, 3.63) is 48.0 Å². The molecule has 0 atom stereocenters. The maximum absolute atomic E-state index is 5.66. The minimum atomic E-state index is 0.323. The molecule has 4 heteroatoms. The van der Waals surface area contributed by atoms with Crippen molar-refractivity contribution < 1.29 is 9.47 Å². The maximum Gasteiger partial charge on any atom is 0.231 e. The fourth-order valence-corrected chi connectivity index (χ4v) is 2.60. The topological polar surface area (TPSA) is 44.5 Å². The van der Waals surface area contributed by atoms with E-state index in [9.17, 15) is 0 Å². The lowest BCUT2D eigenvalue weighted by atomic mass is 10.2. The van der Waals surface area contributed by atoms with Gasteiger partial charge in [-0.1, -0.05) is 6.07 Å². The van der Waals surface area contributed by atoms with E-state index < -0.39 is 0 Å². The largest absolute Gasteiger partial charge is 0.454 e. The summed E-state index contributed by atoms with van der Waals surface area (Å²) < 4.78 is 10.6. The predicted octanol–water partition coefficient (Wildman–Crippen LogP) is 3.29. The van der Waals surface area contributed by atoms with Crippen LogP contribution in [0.25, 0.3) is 0 Å². The van der Waals surface area contributed by atoms with Crippen molar-refractivity contribution >= 4 is 17.4 Å². The van der Waals surface area contributed by atoms with Crippen molar-refractivity contribution in [1.29, 1.82) is 0 Å². The average Bonchev–Trinajstić information content (AvgIpc) is 2.85. The number of benzene rings is 2. The Bertz CT molecular complexity index is 554. The third-order valence-corrected chi connectivity index (χ3v) is 3.81. The molecule has 2 aromatic rings. The van der Waals surface area contributed by atoms with E-state index in [-0.39, 0.29) is 0 Å². The molecular formula is C14H13NO2S. The zero-order chi connectivity index (χ0) is 12.4. The molecule has 0 saturated carbocycles. The lowest BCUT2D eigenvalue weighted by Crippen LogP contribution is -1.92. The first-order valence-electron chi connectivity index (χ1n) is 5.68. The van der Waals surface area contributed by atoms with E-state index in [1.807, 2.05) is 36.4 Å². The van der Waals surface area contributed by atoms with Crippen LogP contribution in [0.2, 0.25) is 0 Å². The van der Waals surface area contributed by atoms with Gasteiger partial charge in [0.25, 0.3) is 0 Å². The summed E-state index contributed by atoms with van der Waals surface area (Å²) in [5.74, 6) is 2.57. The number of fused-ring (bicyclic) bond motifs is 1. The van der Waals surface area contributed by atoms with Gasteiger partial charge in [-0.2, -0.15) is 0 Å². The number of rotatable bonds is 3. The highest BCUT2D eigenvalue weighted by molar-refractivity contribution is 7.98. The van der Waals surface area contributed by atoms with Crippen molar-refractivity contribution in [1.82, 2.24) is 0 Å². The monoisotopic (exact) mass is 259 g/mol. The molecule has 92 valence electrons. The minimum Gasteiger partial charge on any atom is -0.454 e. The molecule has 3 nitrogen and oxygen atoms in total. The van der Waals surface area contributed by atoms with Crippen molar-refractivity contribution in [2.75, 3.05) is 12.5 Å². The van der Waals surface area contributed by atoms with Gasteiger partial charge in [-0.15, -0.1) is 11.8 Å². The number of anilines is 1. The van der Waals surface area contributed by atoms with Crippen LogP contribution in [0.15, 0.2) is 47.4 Å². The Labute approximate surface area is 110 Å². The van der Waals surface area contributed by atoms with Crippen LogP contribution in [0.4, 0.5) is 5.69 Å². The third-order valence-electron chi connectivity index (χ3n) is 2.72. The summed E-state index contributed by atoms with van der Waals surface area (Å²) in [6.45, 7) is 0.323. The number of nitrogen functional groups attached to an aromatic ring is 1. The van der Waals surface area contributed by atoms with E-state index in [1.165, 1.54) is 10.5 Å². The molecule has 0 bridgehead atoms. The molecule has 0 spiro atoms. The SMILES string of the molecule is Nc1ccc(SCc2ccc3c(c2)OCO3)cc1. The van der Waals surface area contributed by atoms with E-state index in [2.05, 4.69) is 6.07 Å². The summed E-state index contributed by atoms with van der Waals surface area (Å²) in [4.78, 5) is 1.21. The first kappa shape index (κ1) is 11.3.